The summed E-state index contributed by atoms with van der Waals surface area (Å²) in [6.07, 6.45) is 3.11. The lowest BCUT2D eigenvalue weighted by atomic mass is 9.85. The Morgan fingerprint density at radius 1 is 1.50 bits per heavy atom. The molecule has 2 heteroatoms. The highest BCUT2D eigenvalue weighted by Crippen LogP contribution is 2.20. The zero-order valence-electron chi connectivity index (χ0n) is 6.67. The van der Waals surface area contributed by atoms with E-state index in [0.29, 0.717) is 5.92 Å². The second-order valence-corrected chi connectivity index (χ2v) is 3.31. The van der Waals surface area contributed by atoms with Gasteiger partial charge in [-0.2, -0.15) is 0 Å². The van der Waals surface area contributed by atoms with Gasteiger partial charge in [0.25, 0.3) is 0 Å². The van der Waals surface area contributed by atoms with E-state index in [9.17, 15) is 0 Å². The second-order valence-electron chi connectivity index (χ2n) is 3.31. The van der Waals surface area contributed by atoms with Crippen LogP contribution < -0.4 is 11.5 Å². The number of hydrogen-bond acceptors (Lipinski definition) is 2. The molecule has 0 bridgehead atoms. The first-order valence-electron chi connectivity index (χ1n) is 3.80. The number of rotatable bonds is 0. The summed E-state index contributed by atoms with van der Waals surface area (Å²) in [5.41, 5.74) is 12.8. The van der Waals surface area contributed by atoms with Crippen molar-refractivity contribution in [3.05, 3.63) is 11.6 Å². The van der Waals surface area contributed by atoms with Crippen LogP contribution in [0, 0.1) is 5.92 Å². The highest BCUT2D eigenvalue weighted by molar-refractivity contribution is 5.15. The molecule has 0 amide bonds. The van der Waals surface area contributed by atoms with Crippen molar-refractivity contribution in [2.45, 2.75) is 32.4 Å². The number of nitrogens with two attached hydrogens (primary N) is 2. The van der Waals surface area contributed by atoms with Crippen LogP contribution in [0.5, 0.6) is 0 Å². The minimum atomic E-state index is 0.222. The van der Waals surface area contributed by atoms with Crippen LogP contribution in [-0.4, -0.2) is 12.1 Å². The first-order valence-corrected chi connectivity index (χ1v) is 3.80. The highest BCUT2D eigenvalue weighted by atomic mass is 14.7. The Bertz CT molecular complexity index is 151. The van der Waals surface area contributed by atoms with Crippen LogP contribution in [0.25, 0.3) is 0 Å². The van der Waals surface area contributed by atoms with Crippen LogP contribution in [-0.2, 0) is 0 Å². The van der Waals surface area contributed by atoms with E-state index in [-0.39, 0.29) is 12.1 Å². The molecule has 58 valence electrons. The largest absolute Gasteiger partial charge is 0.324 e. The van der Waals surface area contributed by atoms with E-state index in [2.05, 4.69) is 19.9 Å². The van der Waals surface area contributed by atoms with Gasteiger partial charge in [0.2, 0.25) is 0 Å². The summed E-state index contributed by atoms with van der Waals surface area (Å²) in [6, 6.07) is 0.467. The molecule has 0 aromatic carbocycles. The maximum absolute atomic E-state index is 5.81. The van der Waals surface area contributed by atoms with Crippen molar-refractivity contribution < 1.29 is 0 Å². The fourth-order valence-electron chi connectivity index (χ4n) is 1.33. The Kier molecular flexibility index (Phi) is 2.11. The molecule has 4 N–H and O–H groups in total. The zero-order valence-corrected chi connectivity index (χ0v) is 6.67. The van der Waals surface area contributed by atoms with E-state index in [0.717, 1.165) is 6.42 Å². The minimum Gasteiger partial charge on any atom is -0.324 e. The van der Waals surface area contributed by atoms with Crippen molar-refractivity contribution in [3.8, 4) is 0 Å². The van der Waals surface area contributed by atoms with Gasteiger partial charge in [-0.05, 0) is 19.3 Å². The van der Waals surface area contributed by atoms with Crippen molar-refractivity contribution in [2.24, 2.45) is 17.4 Å². The van der Waals surface area contributed by atoms with Gasteiger partial charge in [-0.3, -0.25) is 0 Å². The third-order valence-electron chi connectivity index (χ3n) is 2.32. The summed E-state index contributed by atoms with van der Waals surface area (Å²) < 4.78 is 0. The molecule has 10 heavy (non-hydrogen) atoms. The highest BCUT2D eigenvalue weighted by Gasteiger charge is 2.20. The molecule has 0 fully saturated rings. The van der Waals surface area contributed by atoms with Gasteiger partial charge in [-0.15, -0.1) is 0 Å². The maximum atomic E-state index is 5.81. The molecule has 0 aromatic heterocycles. The Labute approximate surface area is 62.3 Å². The molecule has 1 rings (SSSR count). The minimum absolute atomic E-state index is 0.222. The van der Waals surface area contributed by atoms with Crippen LogP contribution >= 0.6 is 0 Å². The average Bonchev–Trinajstić information content (AvgIpc) is 1.84. The van der Waals surface area contributed by atoms with E-state index in [1.807, 2.05) is 0 Å². The van der Waals surface area contributed by atoms with Crippen molar-refractivity contribution >= 4 is 0 Å². The normalized spacial score (nSPS) is 41.2. The van der Waals surface area contributed by atoms with Gasteiger partial charge < -0.3 is 11.5 Å². The Morgan fingerprint density at radius 2 is 2.10 bits per heavy atom. The van der Waals surface area contributed by atoms with Crippen LogP contribution in [0.3, 0.4) is 0 Å². The van der Waals surface area contributed by atoms with E-state index in [4.69, 9.17) is 11.5 Å². The Hall–Kier alpha value is -0.340. The summed E-state index contributed by atoms with van der Waals surface area (Å²) >= 11 is 0. The van der Waals surface area contributed by atoms with Crippen LogP contribution in [0.1, 0.15) is 20.3 Å². The molecule has 1 aliphatic rings. The van der Waals surface area contributed by atoms with Gasteiger partial charge in [-0.1, -0.05) is 18.6 Å². The smallest absolute Gasteiger partial charge is 0.0254 e. The molecule has 3 unspecified atom stereocenters. The van der Waals surface area contributed by atoms with Crippen molar-refractivity contribution in [1.29, 1.82) is 0 Å². The molecule has 0 aliphatic heterocycles. The molecule has 0 saturated heterocycles. The lowest BCUT2D eigenvalue weighted by molar-refractivity contribution is 0.424. The van der Waals surface area contributed by atoms with E-state index >= 15 is 0 Å². The Morgan fingerprint density at radius 3 is 2.60 bits per heavy atom. The van der Waals surface area contributed by atoms with Crippen LogP contribution in [0.4, 0.5) is 0 Å². The second kappa shape index (κ2) is 2.72. The van der Waals surface area contributed by atoms with E-state index in [1.54, 1.807) is 0 Å². The predicted molar refractivity (Wildman–Crippen MR) is 43.5 cm³/mol. The fourth-order valence-corrected chi connectivity index (χ4v) is 1.33. The van der Waals surface area contributed by atoms with Gasteiger partial charge in [0.15, 0.2) is 0 Å². The van der Waals surface area contributed by atoms with E-state index < -0.39 is 0 Å². The molecule has 3 atom stereocenters. The molecular weight excluding hydrogens is 124 g/mol. The van der Waals surface area contributed by atoms with Crippen molar-refractivity contribution in [2.75, 3.05) is 0 Å². The maximum Gasteiger partial charge on any atom is 0.0254 e. The van der Waals surface area contributed by atoms with Gasteiger partial charge in [0.05, 0.1) is 0 Å². The van der Waals surface area contributed by atoms with Crippen LogP contribution in [0.2, 0.25) is 0 Å². The summed E-state index contributed by atoms with van der Waals surface area (Å²) in [4.78, 5) is 0. The summed E-state index contributed by atoms with van der Waals surface area (Å²) in [6.45, 7) is 4.20. The zero-order chi connectivity index (χ0) is 7.72. The van der Waals surface area contributed by atoms with Gasteiger partial charge in [-0.25, -0.2) is 0 Å². The molecular formula is C8H16N2. The molecule has 2 nitrogen and oxygen atoms in total. The lowest BCUT2D eigenvalue weighted by Gasteiger charge is -2.27. The molecule has 0 radical (unpaired) electrons. The summed E-state index contributed by atoms with van der Waals surface area (Å²) in [5.74, 6) is 0.540. The first kappa shape index (κ1) is 7.76. The molecule has 0 heterocycles. The van der Waals surface area contributed by atoms with Gasteiger partial charge in [0, 0.05) is 12.1 Å². The standard InChI is InChI=1S/C8H16N2/c1-5-3-8(10)6(2)4-7(5)9/h3,6-8H,4,9-10H2,1-2H3. The van der Waals surface area contributed by atoms with Crippen molar-refractivity contribution in [1.82, 2.24) is 0 Å². The van der Waals surface area contributed by atoms with Gasteiger partial charge >= 0.3 is 0 Å². The topological polar surface area (TPSA) is 52.0 Å². The first-order chi connectivity index (χ1) is 4.61. The number of hydrogen-bond donors (Lipinski definition) is 2. The van der Waals surface area contributed by atoms with E-state index in [1.165, 1.54) is 5.57 Å². The quantitative estimate of drug-likeness (QED) is 0.485. The third kappa shape index (κ3) is 1.39. The average molecular weight is 140 g/mol. The molecule has 1 aliphatic carbocycles. The SMILES string of the molecule is CC1=CC(N)C(C)CC1N. The summed E-state index contributed by atoms with van der Waals surface area (Å²) in [7, 11) is 0. The van der Waals surface area contributed by atoms with Crippen molar-refractivity contribution in [3.63, 3.8) is 0 Å². The fraction of sp³-hybridized carbons (Fsp3) is 0.750. The lowest BCUT2D eigenvalue weighted by Crippen LogP contribution is -2.38. The third-order valence-corrected chi connectivity index (χ3v) is 2.32. The summed E-state index contributed by atoms with van der Waals surface area (Å²) in [5, 5.41) is 0. The molecule has 0 saturated carbocycles. The van der Waals surface area contributed by atoms with Gasteiger partial charge in [0.1, 0.15) is 0 Å². The molecule has 0 spiro atoms. The predicted octanol–water partition coefficient (Wildman–Crippen LogP) is 0.627. The molecule has 0 aromatic rings. The monoisotopic (exact) mass is 140 g/mol. The van der Waals surface area contributed by atoms with Crippen LogP contribution in [0.15, 0.2) is 11.6 Å². The Balaban J connectivity index is 2.69.